The number of aryl methyl sites for hydroxylation is 2. The molecule has 0 spiro atoms. The first-order valence-electron chi connectivity index (χ1n) is 7.02. The number of benzene rings is 1. The van der Waals surface area contributed by atoms with Gasteiger partial charge in [0, 0.05) is 17.5 Å². The number of hydrogen-bond acceptors (Lipinski definition) is 6. The minimum atomic E-state index is -0.337. The number of azo groups is 1. The Kier molecular flexibility index (Phi) is 2.90. The van der Waals surface area contributed by atoms with E-state index in [9.17, 15) is 4.79 Å². The fourth-order valence-electron chi connectivity index (χ4n) is 2.48. The summed E-state index contributed by atoms with van der Waals surface area (Å²) in [5.74, 6) is 1.28. The first kappa shape index (κ1) is 13.5. The summed E-state index contributed by atoms with van der Waals surface area (Å²) in [5.41, 5.74) is 2.54. The van der Waals surface area contributed by atoms with E-state index in [2.05, 4.69) is 20.3 Å². The monoisotopic (exact) mass is 311 g/mol. The van der Waals surface area contributed by atoms with Gasteiger partial charge >= 0.3 is 0 Å². The molecular weight excluding hydrogens is 298 g/mol. The first-order chi connectivity index (χ1) is 11.1. The number of aromatic nitrogens is 3. The summed E-state index contributed by atoms with van der Waals surface area (Å²) < 4.78 is 12.1. The Morgan fingerprint density at radius 2 is 2.00 bits per heavy atom. The molecule has 0 unspecified atom stereocenters. The molecule has 0 fully saturated rings. The normalized spacial score (nSPS) is 13.3. The molecule has 1 aliphatic rings. The maximum atomic E-state index is 12.1. The van der Waals surface area contributed by atoms with Crippen LogP contribution in [-0.2, 0) is 0 Å². The summed E-state index contributed by atoms with van der Waals surface area (Å²) in [4.78, 5) is 16.5. The summed E-state index contributed by atoms with van der Waals surface area (Å²) in [5, 5.41) is 10.9. The van der Waals surface area contributed by atoms with E-state index in [0.29, 0.717) is 22.8 Å². The quantitative estimate of drug-likeness (QED) is 0.736. The molecule has 1 aliphatic heterocycles. The second-order valence-electron chi connectivity index (χ2n) is 5.23. The van der Waals surface area contributed by atoms with E-state index in [1.165, 1.54) is 0 Å². The molecule has 3 heterocycles. The highest BCUT2D eigenvalue weighted by Crippen LogP contribution is 2.35. The Labute approximate surface area is 130 Å². The van der Waals surface area contributed by atoms with E-state index in [1.807, 2.05) is 19.9 Å². The van der Waals surface area contributed by atoms with Crippen molar-refractivity contribution < 1.29 is 9.47 Å². The van der Waals surface area contributed by atoms with E-state index in [-0.39, 0.29) is 18.0 Å². The van der Waals surface area contributed by atoms with Crippen molar-refractivity contribution in [1.82, 2.24) is 14.6 Å². The maximum Gasteiger partial charge on any atom is 0.294 e. The lowest BCUT2D eigenvalue weighted by atomic mass is 10.3. The van der Waals surface area contributed by atoms with Crippen LogP contribution >= 0.6 is 0 Å². The Morgan fingerprint density at radius 3 is 2.87 bits per heavy atom. The number of H-pyrrole nitrogens is 1. The largest absolute Gasteiger partial charge is 0.454 e. The molecule has 8 nitrogen and oxygen atoms in total. The lowest BCUT2D eigenvalue weighted by Gasteiger charge is -2.00. The van der Waals surface area contributed by atoms with Crippen LogP contribution < -0.4 is 15.0 Å². The fourth-order valence-corrected chi connectivity index (χ4v) is 2.48. The highest BCUT2D eigenvalue weighted by atomic mass is 16.7. The van der Waals surface area contributed by atoms with Gasteiger partial charge in [-0.05, 0) is 32.0 Å². The molecule has 8 heteroatoms. The molecule has 0 saturated carbocycles. The topological polar surface area (TPSA) is 93.3 Å². The van der Waals surface area contributed by atoms with Crippen molar-refractivity contribution in [2.24, 2.45) is 10.2 Å². The Balaban J connectivity index is 1.78. The molecule has 3 aromatic rings. The van der Waals surface area contributed by atoms with Gasteiger partial charge in [-0.15, -0.1) is 5.11 Å². The Bertz CT molecular complexity index is 1000. The van der Waals surface area contributed by atoms with Crippen molar-refractivity contribution in [1.29, 1.82) is 0 Å². The molecule has 0 bridgehead atoms. The number of rotatable bonds is 2. The molecule has 4 rings (SSSR count). The fraction of sp³-hybridized carbons (Fsp3) is 0.200. The summed E-state index contributed by atoms with van der Waals surface area (Å²) >= 11 is 0. The van der Waals surface area contributed by atoms with E-state index >= 15 is 0 Å². The summed E-state index contributed by atoms with van der Waals surface area (Å²) in [6.07, 6.45) is 0. The van der Waals surface area contributed by atoms with Gasteiger partial charge in [-0.1, -0.05) is 0 Å². The lowest BCUT2D eigenvalue weighted by molar-refractivity contribution is 0.174. The van der Waals surface area contributed by atoms with Gasteiger partial charge in [0.2, 0.25) is 6.79 Å². The SMILES string of the molecule is Cc1cc(C)n2[nH]c(=O)c(N=Nc3ccc4c(c3)OCO4)c2n1. The molecule has 23 heavy (non-hydrogen) atoms. The van der Waals surface area contributed by atoms with Crippen LogP contribution in [0.3, 0.4) is 0 Å². The highest BCUT2D eigenvalue weighted by molar-refractivity contribution is 5.63. The van der Waals surface area contributed by atoms with Crippen molar-refractivity contribution in [2.75, 3.05) is 6.79 Å². The van der Waals surface area contributed by atoms with Crippen LogP contribution in [0.25, 0.3) is 5.65 Å². The first-order valence-corrected chi connectivity index (χ1v) is 7.02. The third kappa shape index (κ3) is 2.24. The van der Waals surface area contributed by atoms with Gasteiger partial charge in [-0.25, -0.2) is 9.50 Å². The van der Waals surface area contributed by atoms with E-state index < -0.39 is 0 Å². The molecule has 1 aromatic carbocycles. The number of ether oxygens (including phenoxy) is 2. The average molecular weight is 311 g/mol. The summed E-state index contributed by atoms with van der Waals surface area (Å²) in [7, 11) is 0. The van der Waals surface area contributed by atoms with Gasteiger partial charge in [-0.2, -0.15) is 5.11 Å². The molecule has 0 atom stereocenters. The van der Waals surface area contributed by atoms with Crippen molar-refractivity contribution in [2.45, 2.75) is 13.8 Å². The Morgan fingerprint density at radius 1 is 1.17 bits per heavy atom. The summed E-state index contributed by atoms with van der Waals surface area (Å²) in [6.45, 7) is 3.95. The summed E-state index contributed by atoms with van der Waals surface area (Å²) in [6, 6.07) is 7.09. The molecular formula is C15H13N5O3. The standard InChI is InChI=1S/C15H13N5O3/c1-8-5-9(2)20-14(16-8)13(15(21)19-20)18-17-10-3-4-11-12(6-10)23-7-22-11/h3-6H,7H2,1-2H3,(H,19,21). The van der Waals surface area contributed by atoms with Crippen molar-refractivity contribution >= 4 is 17.0 Å². The van der Waals surface area contributed by atoms with E-state index in [0.717, 1.165) is 11.4 Å². The smallest absolute Gasteiger partial charge is 0.294 e. The predicted octanol–water partition coefficient (Wildman–Crippen LogP) is 2.78. The number of aromatic amines is 1. The zero-order chi connectivity index (χ0) is 16.0. The number of nitrogens with zero attached hydrogens (tertiary/aromatic N) is 4. The predicted molar refractivity (Wildman–Crippen MR) is 82.0 cm³/mol. The number of fused-ring (bicyclic) bond motifs is 2. The van der Waals surface area contributed by atoms with Crippen LogP contribution in [0.5, 0.6) is 11.5 Å². The van der Waals surface area contributed by atoms with Gasteiger partial charge in [0.1, 0.15) is 0 Å². The van der Waals surface area contributed by atoms with Crippen LogP contribution in [0, 0.1) is 13.8 Å². The van der Waals surface area contributed by atoms with Gasteiger partial charge in [0.15, 0.2) is 22.8 Å². The third-order valence-corrected chi connectivity index (χ3v) is 3.53. The van der Waals surface area contributed by atoms with Crippen LogP contribution in [0.2, 0.25) is 0 Å². The van der Waals surface area contributed by atoms with Crippen molar-refractivity contribution in [3.63, 3.8) is 0 Å². The molecule has 0 amide bonds. The molecule has 116 valence electrons. The van der Waals surface area contributed by atoms with Crippen LogP contribution in [0.4, 0.5) is 11.4 Å². The van der Waals surface area contributed by atoms with Crippen LogP contribution in [-0.4, -0.2) is 21.4 Å². The molecule has 0 radical (unpaired) electrons. The molecule has 2 aromatic heterocycles. The van der Waals surface area contributed by atoms with Crippen LogP contribution in [0.1, 0.15) is 11.4 Å². The van der Waals surface area contributed by atoms with Gasteiger partial charge in [0.05, 0.1) is 5.69 Å². The minimum Gasteiger partial charge on any atom is -0.454 e. The number of hydrogen-bond donors (Lipinski definition) is 1. The van der Waals surface area contributed by atoms with Crippen molar-refractivity contribution in [3.05, 3.63) is 46.0 Å². The maximum absolute atomic E-state index is 12.1. The molecule has 0 aliphatic carbocycles. The molecule has 0 saturated heterocycles. The van der Waals surface area contributed by atoms with E-state index in [1.54, 1.807) is 22.7 Å². The zero-order valence-electron chi connectivity index (χ0n) is 12.5. The van der Waals surface area contributed by atoms with Gasteiger partial charge in [-0.3, -0.25) is 9.89 Å². The minimum absolute atomic E-state index is 0.175. The number of nitrogens with one attached hydrogen (secondary N) is 1. The zero-order valence-corrected chi connectivity index (χ0v) is 12.5. The third-order valence-electron chi connectivity index (χ3n) is 3.53. The Hall–Kier alpha value is -3.16. The lowest BCUT2D eigenvalue weighted by Crippen LogP contribution is -2.02. The van der Waals surface area contributed by atoms with Crippen LogP contribution in [0.15, 0.2) is 39.3 Å². The second-order valence-corrected chi connectivity index (χ2v) is 5.23. The molecule has 1 N–H and O–H groups in total. The highest BCUT2D eigenvalue weighted by Gasteiger charge is 2.14. The van der Waals surface area contributed by atoms with Gasteiger partial charge in [0.25, 0.3) is 5.56 Å². The second kappa shape index (κ2) is 4.94. The average Bonchev–Trinajstić information content (AvgIpc) is 3.09. The van der Waals surface area contributed by atoms with E-state index in [4.69, 9.17) is 9.47 Å². The van der Waals surface area contributed by atoms with Gasteiger partial charge < -0.3 is 9.47 Å². The van der Waals surface area contributed by atoms with Crippen molar-refractivity contribution in [3.8, 4) is 11.5 Å².